The standard InChI is InChI=1S/C24H26N4O3S/c1-27(2)14-15-28-22(21(26-24(28)32)18-10-6-7-13-25-18)20-12-11-19(31-20)16-8-4-5-9-17(16)23(29)30-3/h4-13,21-22H,14-15H2,1-3H3,(H,26,32)/t21-,22-/m1/s1. The summed E-state index contributed by atoms with van der Waals surface area (Å²) in [6.07, 6.45) is 1.78. The molecule has 0 saturated carbocycles. The summed E-state index contributed by atoms with van der Waals surface area (Å²) in [5, 5.41) is 4.09. The molecule has 1 N–H and O–H groups in total. The van der Waals surface area contributed by atoms with Crippen molar-refractivity contribution in [3.05, 3.63) is 77.8 Å². The van der Waals surface area contributed by atoms with Crippen LogP contribution in [0.25, 0.3) is 11.3 Å². The Kier molecular flexibility index (Phi) is 6.53. The molecule has 1 aliphatic rings. The lowest BCUT2D eigenvalue weighted by Gasteiger charge is -2.27. The molecule has 1 fully saturated rings. The fourth-order valence-corrected chi connectivity index (χ4v) is 4.24. The van der Waals surface area contributed by atoms with Crippen molar-refractivity contribution in [2.45, 2.75) is 12.1 Å². The van der Waals surface area contributed by atoms with Crippen molar-refractivity contribution in [1.29, 1.82) is 0 Å². The number of rotatable bonds is 7. The third-order valence-electron chi connectivity index (χ3n) is 5.50. The number of ether oxygens (including phenoxy) is 1. The molecule has 0 unspecified atom stereocenters. The van der Waals surface area contributed by atoms with Gasteiger partial charge in [0.05, 0.1) is 24.4 Å². The zero-order valence-corrected chi connectivity index (χ0v) is 19.1. The molecule has 0 aliphatic carbocycles. The van der Waals surface area contributed by atoms with Crippen molar-refractivity contribution in [3.8, 4) is 11.3 Å². The summed E-state index contributed by atoms with van der Waals surface area (Å²) in [5.41, 5.74) is 2.04. The molecule has 0 amide bonds. The van der Waals surface area contributed by atoms with Gasteiger partial charge in [-0.3, -0.25) is 4.98 Å². The van der Waals surface area contributed by atoms with Gasteiger partial charge in [-0.1, -0.05) is 24.3 Å². The minimum Gasteiger partial charge on any atom is -0.465 e. The molecule has 166 valence electrons. The van der Waals surface area contributed by atoms with Gasteiger partial charge in [0.2, 0.25) is 0 Å². The Balaban J connectivity index is 1.73. The number of hydrogen-bond donors (Lipinski definition) is 1. The van der Waals surface area contributed by atoms with Crippen LogP contribution in [0.3, 0.4) is 0 Å². The van der Waals surface area contributed by atoms with E-state index in [0.717, 1.165) is 24.5 Å². The number of benzene rings is 1. The topological polar surface area (TPSA) is 70.8 Å². The van der Waals surface area contributed by atoms with E-state index in [1.165, 1.54) is 7.11 Å². The number of carbonyl (C=O) groups is 1. The smallest absolute Gasteiger partial charge is 0.338 e. The van der Waals surface area contributed by atoms with Gasteiger partial charge < -0.3 is 24.3 Å². The van der Waals surface area contributed by atoms with Crippen LogP contribution in [-0.4, -0.2) is 60.2 Å². The van der Waals surface area contributed by atoms with E-state index in [-0.39, 0.29) is 12.1 Å². The number of methoxy groups -OCH3 is 1. The average Bonchev–Trinajstić information content (AvgIpc) is 3.42. The van der Waals surface area contributed by atoms with Crippen LogP contribution in [0, 0.1) is 0 Å². The first kappa shape index (κ1) is 22.0. The predicted molar refractivity (Wildman–Crippen MR) is 126 cm³/mol. The molecule has 0 radical (unpaired) electrons. The van der Waals surface area contributed by atoms with Gasteiger partial charge in [0.25, 0.3) is 0 Å². The van der Waals surface area contributed by atoms with Crippen molar-refractivity contribution in [2.24, 2.45) is 0 Å². The molecule has 0 bridgehead atoms. The molecule has 32 heavy (non-hydrogen) atoms. The summed E-state index contributed by atoms with van der Waals surface area (Å²) in [5.74, 6) is 0.953. The van der Waals surface area contributed by atoms with Crippen LogP contribution in [0.15, 0.2) is 65.2 Å². The molecule has 4 rings (SSSR count). The molecule has 3 aromatic rings. The van der Waals surface area contributed by atoms with E-state index in [1.54, 1.807) is 18.3 Å². The van der Waals surface area contributed by atoms with Crippen molar-refractivity contribution in [3.63, 3.8) is 0 Å². The van der Waals surface area contributed by atoms with Gasteiger partial charge in [-0.15, -0.1) is 0 Å². The second kappa shape index (κ2) is 9.50. The Labute approximate surface area is 193 Å². The largest absolute Gasteiger partial charge is 0.465 e. The third-order valence-corrected chi connectivity index (χ3v) is 5.85. The number of pyridine rings is 1. The van der Waals surface area contributed by atoms with Crippen LogP contribution in [-0.2, 0) is 4.74 Å². The zero-order chi connectivity index (χ0) is 22.7. The van der Waals surface area contributed by atoms with Crippen LogP contribution in [0.5, 0.6) is 0 Å². The number of aromatic nitrogens is 1. The van der Waals surface area contributed by atoms with Crippen LogP contribution in [0.4, 0.5) is 0 Å². The summed E-state index contributed by atoms with van der Waals surface area (Å²) in [6, 6.07) is 16.6. The normalized spacial score (nSPS) is 18.1. The Bertz CT molecular complexity index is 1100. The fraction of sp³-hybridized carbons (Fsp3) is 0.292. The van der Waals surface area contributed by atoms with Crippen molar-refractivity contribution in [1.82, 2.24) is 20.1 Å². The molecule has 0 spiro atoms. The first-order valence-corrected chi connectivity index (χ1v) is 10.8. The van der Waals surface area contributed by atoms with Gasteiger partial charge in [-0.2, -0.15) is 0 Å². The quantitative estimate of drug-likeness (QED) is 0.432. The fourth-order valence-electron chi connectivity index (χ4n) is 3.91. The van der Waals surface area contributed by atoms with E-state index >= 15 is 0 Å². The van der Waals surface area contributed by atoms with Crippen LogP contribution < -0.4 is 5.32 Å². The number of esters is 1. The summed E-state index contributed by atoms with van der Waals surface area (Å²) in [6.45, 7) is 1.58. The maximum Gasteiger partial charge on any atom is 0.338 e. The summed E-state index contributed by atoms with van der Waals surface area (Å²) < 4.78 is 11.3. The number of furan rings is 1. The van der Waals surface area contributed by atoms with Crippen LogP contribution >= 0.6 is 12.2 Å². The first-order valence-electron chi connectivity index (χ1n) is 10.4. The van der Waals surface area contributed by atoms with Crippen molar-refractivity contribution >= 4 is 23.3 Å². The van der Waals surface area contributed by atoms with Gasteiger partial charge in [0, 0.05) is 24.8 Å². The van der Waals surface area contributed by atoms with Gasteiger partial charge >= 0.3 is 5.97 Å². The highest BCUT2D eigenvalue weighted by Crippen LogP contribution is 2.40. The van der Waals surface area contributed by atoms with Gasteiger partial charge in [-0.05, 0) is 56.6 Å². The first-order chi connectivity index (χ1) is 15.5. The highest BCUT2D eigenvalue weighted by atomic mass is 32.1. The highest BCUT2D eigenvalue weighted by Gasteiger charge is 2.41. The Morgan fingerprint density at radius 3 is 2.69 bits per heavy atom. The molecule has 7 nitrogen and oxygen atoms in total. The minimum atomic E-state index is -0.402. The maximum absolute atomic E-state index is 12.2. The molecular formula is C24H26N4O3S. The van der Waals surface area contributed by atoms with E-state index in [0.29, 0.717) is 22.0 Å². The zero-order valence-electron chi connectivity index (χ0n) is 18.3. The molecule has 2 aromatic heterocycles. The summed E-state index contributed by atoms with van der Waals surface area (Å²) >= 11 is 5.68. The number of nitrogens with zero attached hydrogens (tertiary/aromatic N) is 3. The summed E-state index contributed by atoms with van der Waals surface area (Å²) in [7, 11) is 5.44. The number of hydrogen-bond acceptors (Lipinski definition) is 6. The van der Waals surface area contributed by atoms with Crippen LogP contribution in [0.2, 0.25) is 0 Å². The maximum atomic E-state index is 12.2. The average molecular weight is 451 g/mol. The molecule has 8 heteroatoms. The lowest BCUT2D eigenvalue weighted by atomic mass is 10.0. The molecule has 1 saturated heterocycles. The van der Waals surface area contributed by atoms with E-state index in [1.807, 2.05) is 56.6 Å². The van der Waals surface area contributed by atoms with E-state index in [9.17, 15) is 4.79 Å². The van der Waals surface area contributed by atoms with Crippen molar-refractivity contribution < 1.29 is 13.9 Å². The number of likely N-dealkylation sites (N-methyl/N-ethyl adjacent to an activating group) is 1. The number of carbonyl (C=O) groups excluding carboxylic acids is 1. The van der Waals surface area contributed by atoms with E-state index in [2.05, 4.69) is 20.1 Å². The number of thiocarbonyl (C=S) groups is 1. The Hall–Kier alpha value is -3.23. The second-order valence-corrected chi connectivity index (χ2v) is 8.25. The third kappa shape index (κ3) is 4.37. The summed E-state index contributed by atoms with van der Waals surface area (Å²) in [4.78, 5) is 21.1. The van der Waals surface area contributed by atoms with E-state index in [4.69, 9.17) is 21.4 Å². The predicted octanol–water partition coefficient (Wildman–Crippen LogP) is 3.66. The number of nitrogens with one attached hydrogen (secondary N) is 1. The highest BCUT2D eigenvalue weighted by molar-refractivity contribution is 7.80. The SMILES string of the molecule is COC(=O)c1ccccc1-c1ccc([C@@H]2[C@@H](c3ccccn3)NC(=S)N2CCN(C)C)o1. The molecule has 1 aliphatic heterocycles. The second-order valence-electron chi connectivity index (χ2n) is 7.86. The lowest BCUT2D eigenvalue weighted by Crippen LogP contribution is -2.35. The van der Waals surface area contributed by atoms with Gasteiger partial charge in [0.1, 0.15) is 17.6 Å². The van der Waals surface area contributed by atoms with Gasteiger partial charge in [0.15, 0.2) is 5.11 Å². The molecular weight excluding hydrogens is 424 g/mol. The monoisotopic (exact) mass is 450 g/mol. The minimum absolute atomic E-state index is 0.152. The lowest BCUT2D eigenvalue weighted by molar-refractivity contribution is 0.0601. The van der Waals surface area contributed by atoms with Crippen LogP contribution in [0.1, 0.15) is 33.9 Å². The van der Waals surface area contributed by atoms with E-state index < -0.39 is 5.97 Å². The molecule has 1 aromatic carbocycles. The molecule has 2 atom stereocenters. The van der Waals surface area contributed by atoms with Crippen molar-refractivity contribution in [2.75, 3.05) is 34.3 Å². The Morgan fingerprint density at radius 1 is 1.19 bits per heavy atom. The molecule has 3 heterocycles. The Morgan fingerprint density at radius 2 is 1.97 bits per heavy atom. The van der Waals surface area contributed by atoms with Gasteiger partial charge in [-0.25, -0.2) is 4.79 Å².